The minimum Gasteiger partial charge on any atom is -0.397 e. The van der Waals surface area contributed by atoms with Gasteiger partial charge >= 0.3 is 0 Å². The number of sulfone groups is 1. The van der Waals surface area contributed by atoms with Crippen LogP contribution in [0, 0.1) is 0 Å². The van der Waals surface area contributed by atoms with E-state index in [0.29, 0.717) is 22.8 Å². The lowest BCUT2D eigenvalue weighted by Crippen LogP contribution is -2.24. The van der Waals surface area contributed by atoms with E-state index in [1.165, 1.54) is 12.1 Å². The van der Waals surface area contributed by atoms with Crippen LogP contribution < -0.4 is 11.1 Å². The Kier molecular flexibility index (Phi) is 5.62. The van der Waals surface area contributed by atoms with Crippen LogP contribution in [0.15, 0.2) is 18.2 Å². The molecule has 1 aromatic carbocycles. The van der Waals surface area contributed by atoms with E-state index in [-0.39, 0.29) is 5.75 Å². The molecule has 0 saturated heterocycles. The highest BCUT2D eigenvalue weighted by Crippen LogP contribution is 2.22. The zero-order valence-electron chi connectivity index (χ0n) is 10.6. The number of amides is 1. The van der Waals surface area contributed by atoms with Gasteiger partial charge in [0.25, 0.3) is 0 Å². The molecule has 0 bridgehead atoms. The molecule has 7 heteroatoms. The van der Waals surface area contributed by atoms with Crippen LogP contribution in [0.2, 0.25) is 5.02 Å². The van der Waals surface area contributed by atoms with Crippen LogP contribution in [0.4, 0.5) is 11.4 Å². The number of anilines is 2. The molecule has 0 atom stereocenters. The molecule has 1 aromatic rings. The van der Waals surface area contributed by atoms with Crippen LogP contribution in [0.25, 0.3) is 0 Å². The Morgan fingerprint density at radius 3 is 2.68 bits per heavy atom. The summed E-state index contributed by atoms with van der Waals surface area (Å²) in [6.07, 6.45) is 1.33. The SMILES string of the molecule is CCCCS(=O)(=O)CC(=O)Nc1ccc(Cl)c(N)c1. The standard InChI is InChI=1S/C12H17ClN2O3S/c1-2-3-6-19(17,18)8-12(16)15-9-4-5-10(13)11(14)7-9/h4-5,7H,2-3,6,8,14H2,1H3,(H,15,16). The second-order valence-electron chi connectivity index (χ2n) is 4.23. The number of rotatable bonds is 6. The molecule has 0 unspecified atom stereocenters. The number of nitrogens with one attached hydrogen (secondary N) is 1. The van der Waals surface area contributed by atoms with Gasteiger partial charge in [0.15, 0.2) is 9.84 Å². The van der Waals surface area contributed by atoms with Crippen molar-refractivity contribution in [1.29, 1.82) is 0 Å². The van der Waals surface area contributed by atoms with Crippen LogP contribution in [0.5, 0.6) is 0 Å². The van der Waals surface area contributed by atoms with Crippen LogP contribution in [0.3, 0.4) is 0 Å². The number of benzene rings is 1. The number of nitrogens with two attached hydrogens (primary N) is 1. The van der Waals surface area contributed by atoms with E-state index >= 15 is 0 Å². The third-order valence-corrected chi connectivity index (χ3v) is 4.40. The molecule has 0 aliphatic rings. The summed E-state index contributed by atoms with van der Waals surface area (Å²) in [6.45, 7) is 1.89. The van der Waals surface area contributed by atoms with Crippen molar-refractivity contribution in [1.82, 2.24) is 0 Å². The summed E-state index contributed by atoms with van der Waals surface area (Å²) in [5.41, 5.74) is 6.34. The van der Waals surface area contributed by atoms with E-state index in [9.17, 15) is 13.2 Å². The lowest BCUT2D eigenvalue weighted by atomic mass is 10.3. The van der Waals surface area contributed by atoms with Crippen molar-refractivity contribution in [2.45, 2.75) is 19.8 Å². The molecule has 0 aromatic heterocycles. The highest BCUT2D eigenvalue weighted by atomic mass is 35.5. The maximum absolute atomic E-state index is 11.6. The molecule has 0 heterocycles. The van der Waals surface area contributed by atoms with E-state index < -0.39 is 21.5 Å². The third kappa shape index (κ3) is 5.48. The van der Waals surface area contributed by atoms with Gasteiger partial charge in [0.1, 0.15) is 5.75 Å². The Labute approximate surface area is 118 Å². The van der Waals surface area contributed by atoms with Gasteiger partial charge in [-0.15, -0.1) is 0 Å². The molecular formula is C12H17ClN2O3S. The highest BCUT2D eigenvalue weighted by molar-refractivity contribution is 7.92. The lowest BCUT2D eigenvalue weighted by Gasteiger charge is -2.07. The molecule has 1 amide bonds. The zero-order chi connectivity index (χ0) is 14.5. The van der Waals surface area contributed by atoms with Crippen LogP contribution >= 0.6 is 11.6 Å². The molecule has 19 heavy (non-hydrogen) atoms. The fraction of sp³-hybridized carbons (Fsp3) is 0.417. The number of nitrogen functional groups attached to an aromatic ring is 1. The van der Waals surface area contributed by atoms with Gasteiger partial charge in [-0.25, -0.2) is 8.42 Å². The van der Waals surface area contributed by atoms with Gasteiger partial charge < -0.3 is 11.1 Å². The average Bonchev–Trinajstić information content (AvgIpc) is 2.30. The maximum Gasteiger partial charge on any atom is 0.239 e. The molecule has 0 saturated carbocycles. The van der Waals surface area contributed by atoms with Crippen molar-refractivity contribution in [2.24, 2.45) is 0 Å². The first-order chi connectivity index (χ1) is 8.84. The lowest BCUT2D eigenvalue weighted by molar-refractivity contribution is -0.113. The molecule has 0 aliphatic heterocycles. The maximum atomic E-state index is 11.6. The smallest absolute Gasteiger partial charge is 0.239 e. The number of carbonyl (C=O) groups is 1. The summed E-state index contributed by atoms with van der Waals surface area (Å²) in [7, 11) is -3.35. The van der Waals surface area contributed by atoms with Gasteiger partial charge in [-0.05, 0) is 24.6 Å². The fourth-order valence-electron chi connectivity index (χ4n) is 1.45. The molecule has 0 spiro atoms. The monoisotopic (exact) mass is 304 g/mol. The molecule has 0 radical (unpaired) electrons. The first kappa shape index (κ1) is 15.8. The Balaban J connectivity index is 2.62. The third-order valence-electron chi connectivity index (χ3n) is 2.44. The van der Waals surface area contributed by atoms with E-state index in [2.05, 4.69) is 5.32 Å². The summed E-state index contributed by atoms with van der Waals surface area (Å²) >= 11 is 5.75. The summed E-state index contributed by atoms with van der Waals surface area (Å²) in [5, 5.41) is 2.87. The predicted octanol–water partition coefficient (Wildman–Crippen LogP) is 2.08. The molecule has 5 nitrogen and oxygen atoms in total. The van der Waals surface area contributed by atoms with Crippen LogP contribution in [-0.2, 0) is 14.6 Å². The Bertz CT molecular complexity index is 558. The summed E-state index contributed by atoms with van der Waals surface area (Å²) < 4.78 is 23.2. The summed E-state index contributed by atoms with van der Waals surface area (Å²) in [5.74, 6) is -1.06. The van der Waals surface area contributed by atoms with Crippen molar-refractivity contribution in [3.05, 3.63) is 23.2 Å². The fourth-order valence-corrected chi connectivity index (χ4v) is 2.92. The number of halogens is 1. The van der Waals surface area contributed by atoms with Gasteiger partial charge in [-0.1, -0.05) is 24.9 Å². The van der Waals surface area contributed by atoms with Crippen molar-refractivity contribution in [3.8, 4) is 0 Å². The average molecular weight is 305 g/mol. The van der Waals surface area contributed by atoms with Crippen LogP contribution in [0.1, 0.15) is 19.8 Å². The number of carbonyl (C=O) groups excluding carboxylic acids is 1. The van der Waals surface area contributed by atoms with Crippen LogP contribution in [-0.4, -0.2) is 25.8 Å². The normalized spacial score (nSPS) is 11.3. The van der Waals surface area contributed by atoms with Gasteiger partial charge in [0, 0.05) is 5.69 Å². The minimum atomic E-state index is -3.35. The molecule has 106 valence electrons. The zero-order valence-corrected chi connectivity index (χ0v) is 12.2. The summed E-state index contributed by atoms with van der Waals surface area (Å²) in [4.78, 5) is 11.6. The van der Waals surface area contributed by atoms with Gasteiger partial charge in [0.2, 0.25) is 5.91 Å². The molecule has 0 fully saturated rings. The van der Waals surface area contributed by atoms with Crippen molar-refractivity contribution in [3.63, 3.8) is 0 Å². The van der Waals surface area contributed by atoms with E-state index in [0.717, 1.165) is 6.42 Å². The van der Waals surface area contributed by atoms with Gasteiger partial charge in [0.05, 0.1) is 16.5 Å². The predicted molar refractivity (Wildman–Crippen MR) is 78.1 cm³/mol. The Morgan fingerprint density at radius 1 is 1.42 bits per heavy atom. The largest absolute Gasteiger partial charge is 0.397 e. The molecule has 3 N–H and O–H groups in total. The number of hydrogen-bond donors (Lipinski definition) is 2. The minimum absolute atomic E-state index is 0.0275. The molecular weight excluding hydrogens is 288 g/mol. The Morgan fingerprint density at radius 2 is 2.11 bits per heavy atom. The second kappa shape index (κ2) is 6.77. The van der Waals surface area contributed by atoms with E-state index in [4.69, 9.17) is 17.3 Å². The van der Waals surface area contributed by atoms with Crippen molar-refractivity contribution in [2.75, 3.05) is 22.6 Å². The number of unbranched alkanes of at least 4 members (excludes halogenated alkanes) is 1. The topological polar surface area (TPSA) is 89.3 Å². The number of hydrogen-bond acceptors (Lipinski definition) is 4. The molecule has 1 rings (SSSR count). The first-order valence-electron chi connectivity index (χ1n) is 5.89. The van der Waals surface area contributed by atoms with Crippen molar-refractivity contribution < 1.29 is 13.2 Å². The Hall–Kier alpha value is -1.27. The van der Waals surface area contributed by atoms with E-state index in [1.807, 2.05) is 6.92 Å². The quantitative estimate of drug-likeness (QED) is 0.787. The van der Waals surface area contributed by atoms with Gasteiger partial charge in [-0.3, -0.25) is 4.79 Å². The second-order valence-corrected chi connectivity index (χ2v) is 6.82. The molecule has 0 aliphatic carbocycles. The highest BCUT2D eigenvalue weighted by Gasteiger charge is 2.16. The first-order valence-corrected chi connectivity index (χ1v) is 8.09. The van der Waals surface area contributed by atoms with E-state index in [1.54, 1.807) is 6.07 Å². The summed E-state index contributed by atoms with van der Waals surface area (Å²) in [6, 6.07) is 4.59. The van der Waals surface area contributed by atoms with Crippen molar-refractivity contribution >= 4 is 38.7 Å². The van der Waals surface area contributed by atoms with Gasteiger partial charge in [-0.2, -0.15) is 0 Å².